The van der Waals surface area contributed by atoms with Crippen LogP contribution in [-0.2, 0) is 11.3 Å². The van der Waals surface area contributed by atoms with Crippen LogP contribution in [-0.4, -0.2) is 37.6 Å². The quantitative estimate of drug-likeness (QED) is 0.491. The number of esters is 1. The van der Waals surface area contributed by atoms with E-state index in [9.17, 15) is 4.79 Å². The summed E-state index contributed by atoms with van der Waals surface area (Å²) in [6.07, 6.45) is 1.61. The van der Waals surface area contributed by atoms with Crippen LogP contribution < -0.4 is 4.74 Å². The Morgan fingerprint density at radius 2 is 2.07 bits per heavy atom. The molecule has 27 heavy (non-hydrogen) atoms. The maximum absolute atomic E-state index is 12.2. The Morgan fingerprint density at radius 1 is 1.22 bits per heavy atom. The van der Waals surface area contributed by atoms with Crippen molar-refractivity contribution in [3.8, 4) is 16.3 Å². The number of ether oxygens (including phenoxy) is 2. The number of fused-ring (bicyclic) bond motifs is 1. The topological polar surface area (TPSA) is 91.5 Å². The average Bonchev–Trinajstić information content (AvgIpc) is 3.34. The van der Waals surface area contributed by atoms with Crippen molar-refractivity contribution in [2.24, 2.45) is 0 Å². The first-order valence-corrected chi connectivity index (χ1v) is 8.97. The first-order valence-electron chi connectivity index (χ1n) is 8.09. The summed E-state index contributed by atoms with van der Waals surface area (Å²) in [5, 5.41) is 6.77. The fourth-order valence-corrected chi connectivity index (χ4v) is 3.35. The molecule has 4 rings (SSSR count). The van der Waals surface area contributed by atoms with E-state index in [2.05, 4.69) is 20.1 Å². The van der Waals surface area contributed by atoms with Crippen LogP contribution in [0.15, 0.2) is 41.9 Å². The van der Waals surface area contributed by atoms with Gasteiger partial charge in [-0.1, -0.05) is 12.1 Å². The number of benzene rings is 1. The van der Waals surface area contributed by atoms with Crippen LogP contribution >= 0.6 is 11.3 Å². The molecule has 0 unspecified atom stereocenters. The molecule has 8 nitrogen and oxygen atoms in total. The highest BCUT2D eigenvalue weighted by Crippen LogP contribution is 2.31. The number of carbonyl (C=O) groups excluding carboxylic acids is 1. The Labute approximate surface area is 158 Å². The second-order valence-electron chi connectivity index (χ2n) is 5.65. The molecule has 1 aromatic carbocycles. The Morgan fingerprint density at radius 3 is 2.89 bits per heavy atom. The van der Waals surface area contributed by atoms with Gasteiger partial charge in [-0.2, -0.15) is 4.98 Å². The van der Waals surface area contributed by atoms with Gasteiger partial charge >= 0.3 is 5.97 Å². The minimum atomic E-state index is -0.619. The molecule has 0 N–H and O–H groups in total. The highest BCUT2D eigenvalue weighted by molar-refractivity contribution is 7.13. The summed E-state index contributed by atoms with van der Waals surface area (Å²) in [6, 6.07) is 9.41. The van der Waals surface area contributed by atoms with Crippen LogP contribution in [0.3, 0.4) is 0 Å². The molecule has 4 aromatic rings. The lowest BCUT2D eigenvalue weighted by Crippen LogP contribution is -2.08. The number of hydrogen-bond donors (Lipinski definition) is 0. The van der Waals surface area contributed by atoms with E-state index in [1.54, 1.807) is 19.4 Å². The Kier molecular flexibility index (Phi) is 4.51. The van der Waals surface area contributed by atoms with Gasteiger partial charge in [-0.3, -0.25) is 0 Å². The third-order valence-corrected chi connectivity index (χ3v) is 4.78. The molecule has 0 amide bonds. The van der Waals surface area contributed by atoms with Crippen molar-refractivity contribution in [2.45, 2.75) is 13.5 Å². The second kappa shape index (κ2) is 7.12. The molecule has 0 aliphatic carbocycles. The maximum atomic E-state index is 12.2. The second-order valence-corrected chi connectivity index (χ2v) is 6.51. The Hall–Kier alpha value is -3.33. The van der Waals surface area contributed by atoms with Gasteiger partial charge in [0.25, 0.3) is 11.6 Å². The van der Waals surface area contributed by atoms with E-state index in [0.29, 0.717) is 11.5 Å². The molecule has 0 bridgehead atoms. The molecule has 136 valence electrons. The lowest BCUT2D eigenvalue weighted by molar-refractivity contribution is 0.0454. The van der Waals surface area contributed by atoms with Crippen molar-refractivity contribution in [3.05, 3.63) is 59.1 Å². The standard InChI is InChI=1S/C18H15N5O3S/c1-11-7-8-19-18-21-15(22-23(11)18)17(24)26-9-12-10-27-16(20-12)13-5-3-4-6-14(13)25-2/h3-8,10H,9H2,1-2H3. The predicted octanol–water partition coefficient (Wildman–Crippen LogP) is 2.92. The normalized spacial score (nSPS) is 10.9. The zero-order valence-corrected chi connectivity index (χ0v) is 15.4. The first kappa shape index (κ1) is 17.1. The fraction of sp³-hybridized carbons (Fsp3) is 0.167. The number of carbonyl (C=O) groups is 1. The molecule has 0 spiro atoms. The molecule has 3 aromatic heterocycles. The van der Waals surface area contributed by atoms with Crippen molar-refractivity contribution < 1.29 is 14.3 Å². The molecule has 0 atom stereocenters. The third-order valence-electron chi connectivity index (χ3n) is 3.85. The summed E-state index contributed by atoms with van der Waals surface area (Å²) in [7, 11) is 1.62. The van der Waals surface area contributed by atoms with E-state index < -0.39 is 5.97 Å². The molecule has 0 saturated carbocycles. The summed E-state index contributed by atoms with van der Waals surface area (Å²) >= 11 is 1.46. The lowest BCUT2D eigenvalue weighted by Gasteiger charge is -2.04. The fourth-order valence-electron chi connectivity index (χ4n) is 2.52. The number of hydrogen-bond acceptors (Lipinski definition) is 8. The van der Waals surface area contributed by atoms with E-state index >= 15 is 0 Å². The van der Waals surface area contributed by atoms with E-state index in [-0.39, 0.29) is 12.4 Å². The van der Waals surface area contributed by atoms with Gasteiger partial charge in [0.2, 0.25) is 0 Å². The molecule has 0 aliphatic rings. The number of aromatic nitrogens is 5. The van der Waals surface area contributed by atoms with Gasteiger partial charge in [0.1, 0.15) is 17.4 Å². The molecule has 0 aliphatic heterocycles. The molecule has 9 heteroatoms. The van der Waals surface area contributed by atoms with Crippen molar-refractivity contribution in [2.75, 3.05) is 7.11 Å². The summed E-state index contributed by atoms with van der Waals surface area (Å²) in [6.45, 7) is 1.89. The van der Waals surface area contributed by atoms with Gasteiger partial charge in [-0.15, -0.1) is 16.4 Å². The number of aryl methyl sites for hydroxylation is 1. The van der Waals surface area contributed by atoms with E-state index in [0.717, 1.165) is 22.0 Å². The van der Waals surface area contributed by atoms with Gasteiger partial charge in [0.15, 0.2) is 0 Å². The smallest absolute Gasteiger partial charge is 0.378 e. The van der Waals surface area contributed by atoms with Crippen LogP contribution in [0, 0.1) is 6.92 Å². The number of rotatable bonds is 5. The minimum absolute atomic E-state index is 0.0306. The zero-order chi connectivity index (χ0) is 18.8. The number of thiazole rings is 1. The Balaban J connectivity index is 1.48. The van der Waals surface area contributed by atoms with Gasteiger partial charge in [0.05, 0.1) is 18.4 Å². The summed E-state index contributed by atoms with van der Waals surface area (Å²) in [5.41, 5.74) is 2.37. The molecular formula is C18H15N5O3S. The molecule has 3 heterocycles. The van der Waals surface area contributed by atoms with Crippen LogP contribution in [0.1, 0.15) is 22.0 Å². The average molecular weight is 381 g/mol. The summed E-state index contributed by atoms with van der Waals surface area (Å²) in [4.78, 5) is 24.9. The van der Waals surface area contributed by atoms with Crippen molar-refractivity contribution in [1.29, 1.82) is 0 Å². The van der Waals surface area contributed by atoms with Crippen LogP contribution in [0.5, 0.6) is 5.75 Å². The number of nitrogens with zero attached hydrogens (tertiary/aromatic N) is 5. The van der Waals surface area contributed by atoms with Crippen molar-refractivity contribution in [1.82, 2.24) is 24.6 Å². The van der Waals surface area contributed by atoms with Gasteiger partial charge in [-0.05, 0) is 25.1 Å². The highest BCUT2D eigenvalue weighted by Gasteiger charge is 2.17. The lowest BCUT2D eigenvalue weighted by atomic mass is 10.2. The van der Waals surface area contributed by atoms with E-state index in [1.807, 2.05) is 36.6 Å². The monoisotopic (exact) mass is 381 g/mol. The molecule has 0 radical (unpaired) electrons. The van der Waals surface area contributed by atoms with Crippen LogP contribution in [0.25, 0.3) is 16.3 Å². The van der Waals surface area contributed by atoms with Gasteiger partial charge < -0.3 is 9.47 Å². The van der Waals surface area contributed by atoms with Gasteiger partial charge in [0, 0.05) is 17.3 Å². The minimum Gasteiger partial charge on any atom is -0.496 e. The largest absolute Gasteiger partial charge is 0.496 e. The zero-order valence-electron chi connectivity index (χ0n) is 14.6. The van der Waals surface area contributed by atoms with Gasteiger partial charge in [-0.25, -0.2) is 19.3 Å². The third kappa shape index (κ3) is 3.36. The molecule has 0 saturated heterocycles. The maximum Gasteiger partial charge on any atom is 0.378 e. The van der Waals surface area contributed by atoms with E-state index in [4.69, 9.17) is 9.47 Å². The van der Waals surface area contributed by atoms with Crippen LogP contribution in [0.2, 0.25) is 0 Å². The van der Waals surface area contributed by atoms with E-state index in [1.165, 1.54) is 15.9 Å². The highest BCUT2D eigenvalue weighted by atomic mass is 32.1. The van der Waals surface area contributed by atoms with Crippen molar-refractivity contribution in [3.63, 3.8) is 0 Å². The molecule has 0 fully saturated rings. The summed E-state index contributed by atoms with van der Waals surface area (Å²) in [5.74, 6) is 0.449. The number of para-hydroxylation sites is 1. The van der Waals surface area contributed by atoms with Crippen molar-refractivity contribution >= 4 is 23.1 Å². The SMILES string of the molecule is COc1ccccc1-c1nc(COC(=O)c2nc3nccc(C)n3n2)cs1. The predicted molar refractivity (Wildman–Crippen MR) is 98.7 cm³/mol. The molecular weight excluding hydrogens is 366 g/mol. The summed E-state index contributed by atoms with van der Waals surface area (Å²) < 4.78 is 12.2. The van der Waals surface area contributed by atoms with Crippen LogP contribution in [0.4, 0.5) is 0 Å². The first-order chi connectivity index (χ1) is 13.2. The Bertz CT molecular complexity index is 1120. The number of methoxy groups -OCH3 is 1.